The molecule has 1 N–H and O–H groups in total. The van der Waals surface area contributed by atoms with Crippen LogP contribution < -0.4 is 5.32 Å². The topological polar surface area (TPSA) is 55.1 Å². The molecule has 0 amide bonds. The molecule has 0 aliphatic rings. The van der Waals surface area contributed by atoms with Gasteiger partial charge in [-0.25, -0.2) is 4.98 Å². The monoisotopic (exact) mass is 303 g/mol. The molecule has 5 nitrogen and oxygen atoms in total. The fourth-order valence-corrected chi connectivity index (χ4v) is 3.07. The van der Waals surface area contributed by atoms with Crippen LogP contribution in [0.15, 0.2) is 18.6 Å². The van der Waals surface area contributed by atoms with Crippen LogP contribution in [-0.2, 0) is 0 Å². The summed E-state index contributed by atoms with van der Waals surface area (Å²) in [4.78, 5) is 8.39. The lowest BCUT2D eigenvalue weighted by molar-refractivity contribution is 0.358. The van der Waals surface area contributed by atoms with Crippen LogP contribution in [0.4, 0.5) is 5.82 Å². The number of hydrogen-bond donors (Lipinski definition) is 1. The molecule has 1 unspecified atom stereocenters. The Morgan fingerprint density at radius 2 is 1.82 bits per heavy atom. The minimum atomic E-state index is 0.480. The molecule has 2 aromatic rings. The molecule has 1 atom stereocenters. The first-order valence-electron chi connectivity index (χ1n) is 8.71. The number of nitrogens with zero attached hydrogens (tertiary/aromatic N) is 4. The molecule has 2 heterocycles. The summed E-state index contributed by atoms with van der Waals surface area (Å²) in [6.07, 6.45) is 12.2. The summed E-state index contributed by atoms with van der Waals surface area (Å²) in [6.45, 7) is 6.81. The second-order valence-corrected chi connectivity index (χ2v) is 6.01. The summed E-state index contributed by atoms with van der Waals surface area (Å²) in [5, 5.41) is 7.97. The van der Waals surface area contributed by atoms with Crippen molar-refractivity contribution in [1.82, 2.24) is 19.6 Å². The maximum Gasteiger partial charge on any atom is 0.254 e. The zero-order valence-corrected chi connectivity index (χ0v) is 14.1. The van der Waals surface area contributed by atoms with E-state index in [0.29, 0.717) is 11.8 Å². The number of unbranched alkanes of at least 4 members (excludes halogenated alkanes) is 2. The number of nitrogens with one attached hydrogen (secondary N) is 1. The molecule has 0 spiro atoms. The van der Waals surface area contributed by atoms with E-state index in [1.807, 2.05) is 6.07 Å². The number of hydrogen-bond acceptors (Lipinski definition) is 4. The number of anilines is 1. The van der Waals surface area contributed by atoms with Crippen LogP contribution in [-0.4, -0.2) is 25.6 Å². The Morgan fingerprint density at radius 3 is 2.45 bits per heavy atom. The fraction of sp³-hybridized carbons (Fsp3) is 0.706. The van der Waals surface area contributed by atoms with Gasteiger partial charge in [-0.1, -0.05) is 46.5 Å². The first kappa shape index (κ1) is 16.7. The largest absolute Gasteiger partial charge is 0.367 e. The number of fused-ring (bicyclic) bond motifs is 1. The number of rotatable bonds is 10. The van der Waals surface area contributed by atoms with Gasteiger partial charge in [-0.05, 0) is 31.2 Å². The highest BCUT2D eigenvalue weighted by Crippen LogP contribution is 2.25. The highest BCUT2D eigenvalue weighted by Gasteiger charge is 2.20. The summed E-state index contributed by atoms with van der Waals surface area (Å²) in [5.41, 5.74) is 0. The zero-order valence-electron chi connectivity index (χ0n) is 14.1. The molecule has 2 aromatic heterocycles. The average Bonchev–Trinajstić information content (AvgIpc) is 3.02. The van der Waals surface area contributed by atoms with Gasteiger partial charge >= 0.3 is 0 Å². The molecule has 0 aliphatic heterocycles. The summed E-state index contributed by atoms with van der Waals surface area (Å²) in [6, 6.07) is 2.47. The molecule has 122 valence electrons. The molecule has 2 rings (SSSR count). The second kappa shape index (κ2) is 8.71. The van der Waals surface area contributed by atoms with Gasteiger partial charge in [0.25, 0.3) is 5.78 Å². The predicted octanol–water partition coefficient (Wildman–Crippen LogP) is 4.31. The maximum absolute atomic E-state index is 4.27. The molecule has 0 radical (unpaired) electrons. The Morgan fingerprint density at radius 1 is 1.09 bits per heavy atom. The predicted molar refractivity (Wildman–Crippen MR) is 91.0 cm³/mol. The van der Waals surface area contributed by atoms with Crippen molar-refractivity contribution in [3.63, 3.8) is 0 Å². The van der Waals surface area contributed by atoms with Gasteiger partial charge in [0.2, 0.25) is 0 Å². The van der Waals surface area contributed by atoms with E-state index >= 15 is 0 Å². The van der Waals surface area contributed by atoms with E-state index in [2.05, 4.69) is 41.2 Å². The second-order valence-electron chi connectivity index (χ2n) is 6.01. The van der Waals surface area contributed by atoms with Crippen LogP contribution in [0.3, 0.4) is 0 Å². The minimum Gasteiger partial charge on any atom is -0.367 e. The minimum absolute atomic E-state index is 0.480. The van der Waals surface area contributed by atoms with Gasteiger partial charge in [0.15, 0.2) is 0 Å². The Kier molecular flexibility index (Phi) is 6.62. The van der Waals surface area contributed by atoms with Crippen LogP contribution in [0.1, 0.15) is 65.7 Å². The first-order valence-corrected chi connectivity index (χ1v) is 8.71. The third kappa shape index (κ3) is 4.18. The molecule has 0 aliphatic carbocycles. The van der Waals surface area contributed by atoms with E-state index in [-0.39, 0.29) is 0 Å². The van der Waals surface area contributed by atoms with Crippen molar-refractivity contribution in [2.45, 2.75) is 71.8 Å². The summed E-state index contributed by atoms with van der Waals surface area (Å²) >= 11 is 0. The quantitative estimate of drug-likeness (QED) is 0.710. The van der Waals surface area contributed by atoms with Crippen LogP contribution >= 0.6 is 0 Å². The molecule has 0 saturated carbocycles. The lowest BCUT2D eigenvalue weighted by atomic mass is 9.87. The van der Waals surface area contributed by atoms with Crippen molar-refractivity contribution in [3.05, 3.63) is 18.6 Å². The standard InChI is InChI=1S/C17H29N5/c1-4-7-9-14(10-8-5-2)15(6-3)21-16-11-12-18-17-19-13-20-22(16)17/h11-15,21H,4-10H2,1-3H3. The van der Waals surface area contributed by atoms with E-state index < -0.39 is 0 Å². The molecule has 0 saturated heterocycles. The highest BCUT2D eigenvalue weighted by molar-refractivity contribution is 5.43. The van der Waals surface area contributed by atoms with Crippen molar-refractivity contribution in [3.8, 4) is 0 Å². The molecular weight excluding hydrogens is 274 g/mol. The van der Waals surface area contributed by atoms with Crippen molar-refractivity contribution in [2.24, 2.45) is 5.92 Å². The van der Waals surface area contributed by atoms with Gasteiger partial charge in [0, 0.05) is 12.2 Å². The molecule has 0 aromatic carbocycles. The van der Waals surface area contributed by atoms with E-state index in [4.69, 9.17) is 0 Å². The van der Waals surface area contributed by atoms with Crippen LogP contribution in [0.25, 0.3) is 5.78 Å². The van der Waals surface area contributed by atoms with E-state index in [0.717, 1.165) is 18.2 Å². The SMILES string of the molecule is CCCCC(CCCC)C(CC)Nc1ccnc2ncnn12. The Bertz CT molecular complexity index is 543. The van der Waals surface area contributed by atoms with Crippen molar-refractivity contribution < 1.29 is 0 Å². The lowest BCUT2D eigenvalue weighted by Crippen LogP contribution is -2.29. The zero-order chi connectivity index (χ0) is 15.8. The molecule has 22 heavy (non-hydrogen) atoms. The Balaban J connectivity index is 2.12. The van der Waals surface area contributed by atoms with Gasteiger partial charge in [-0.15, -0.1) is 0 Å². The van der Waals surface area contributed by atoms with Gasteiger partial charge in [-0.3, -0.25) is 0 Å². The van der Waals surface area contributed by atoms with Crippen LogP contribution in [0, 0.1) is 5.92 Å². The van der Waals surface area contributed by atoms with Crippen LogP contribution in [0.5, 0.6) is 0 Å². The Hall–Kier alpha value is -1.65. The van der Waals surface area contributed by atoms with Crippen molar-refractivity contribution >= 4 is 11.6 Å². The average molecular weight is 303 g/mol. The van der Waals surface area contributed by atoms with Gasteiger partial charge in [0.05, 0.1) is 0 Å². The first-order chi connectivity index (χ1) is 10.8. The lowest BCUT2D eigenvalue weighted by Gasteiger charge is -2.28. The summed E-state index contributed by atoms with van der Waals surface area (Å²) < 4.78 is 1.79. The van der Waals surface area contributed by atoms with Crippen molar-refractivity contribution in [2.75, 3.05) is 5.32 Å². The number of aromatic nitrogens is 4. The molecule has 5 heteroatoms. The van der Waals surface area contributed by atoms with Crippen molar-refractivity contribution in [1.29, 1.82) is 0 Å². The highest BCUT2D eigenvalue weighted by atomic mass is 15.4. The molecule has 0 bridgehead atoms. The molecule has 0 fully saturated rings. The maximum atomic E-state index is 4.27. The third-order valence-corrected chi connectivity index (χ3v) is 4.38. The van der Waals surface area contributed by atoms with Crippen LogP contribution in [0.2, 0.25) is 0 Å². The van der Waals surface area contributed by atoms with E-state index in [1.165, 1.54) is 38.5 Å². The molecular formula is C17H29N5. The van der Waals surface area contributed by atoms with E-state index in [1.54, 1.807) is 17.0 Å². The third-order valence-electron chi connectivity index (χ3n) is 4.38. The summed E-state index contributed by atoms with van der Waals surface area (Å²) in [7, 11) is 0. The van der Waals surface area contributed by atoms with Gasteiger partial charge in [0.1, 0.15) is 12.1 Å². The Labute approximate surface area is 133 Å². The smallest absolute Gasteiger partial charge is 0.254 e. The van der Waals surface area contributed by atoms with Gasteiger partial charge < -0.3 is 5.32 Å². The fourth-order valence-electron chi connectivity index (χ4n) is 3.07. The normalized spacial score (nSPS) is 12.9. The summed E-state index contributed by atoms with van der Waals surface area (Å²) in [5.74, 6) is 2.36. The van der Waals surface area contributed by atoms with Gasteiger partial charge in [-0.2, -0.15) is 14.6 Å². The van der Waals surface area contributed by atoms with E-state index in [9.17, 15) is 0 Å².